The maximum absolute atomic E-state index is 14.6. The second kappa shape index (κ2) is 6.36. The first-order valence-electron chi connectivity index (χ1n) is 6.62. The molecule has 22 heavy (non-hydrogen) atoms. The Bertz CT molecular complexity index is 713. The van der Waals surface area contributed by atoms with E-state index in [0.29, 0.717) is 5.69 Å². The van der Waals surface area contributed by atoms with Gasteiger partial charge in [0, 0.05) is 12.6 Å². The number of hydrogen-bond donors (Lipinski definition) is 0. The molecule has 0 aliphatic carbocycles. The Hall–Kier alpha value is -2.08. The van der Waals surface area contributed by atoms with Crippen molar-refractivity contribution >= 4 is 17.6 Å². The summed E-state index contributed by atoms with van der Waals surface area (Å²) in [7, 11) is 2.85. The monoisotopic (exact) mass is 326 g/mol. The normalized spacial score (nSPS) is 10.9. The Balaban J connectivity index is 2.52. The van der Waals surface area contributed by atoms with E-state index < -0.39 is 11.8 Å². The molecule has 0 fully saturated rings. The number of nitrogens with zero attached hydrogens (tertiary/aromatic N) is 2. The molecule has 118 valence electrons. The van der Waals surface area contributed by atoms with Gasteiger partial charge >= 0.3 is 5.97 Å². The molecule has 5 nitrogen and oxygen atoms in total. The van der Waals surface area contributed by atoms with E-state index in [1.807, 2.05) is 0 Å². The second-order valence-corrected chi connectivity index (χ2v) is 5.34. The molecule has 2 rings (SSSR count). The Morgan fingerprint density at radius 1 is 1.41 bits per heavy atom. The van der Waals surface area contributed by atoms with Gasteiger partial charge in [0.2, 0.25) is 0 Å². The van der Waals surface area contributed by atoms with Gasteiger partial charge < -0.3 is 9.47 Å². The molecule has 1 heterocycles. The Morgan fingerprint density at radius 2 is 2.09 bits per heavy atom. The number of esters is 1. The zero-order valence-corrected chi connectivity index (χ0v) is 13.4. The third-order valence-electron chi connectivity index (χ3n) is 2.95. The van der Waals surface area contributed by atoms with Crippen molar-refractivity contribution in [2.24, 2.45) is 7.05 Å². The summed E-state index contributed by atoms with van der Waals surface area (Å²) in [6.45, 7) is 3.55. The van der Waals surface area contributed by atoms with Crippen LogP contribution in [0, 0.1) is 5.82 Å². The van der Waals surface area contributed by atoms with E-state index in [0.717, 1.165) is 0 Å². The van der Waals surface area contributed by atoms with Crippen molar-refractivity contribution in [3.05, 3.63) is 34.7 Å². The fourth-order valence-corrected chi connectivity index (χ4v) is 2.16. The van der Waals surface area contributed by atoms with Gasteiger partial charge in [0.25, 0.3) is 0 Å². The Morgan fingerprint density at radius 3 is 2.68 bits per heavy atom. The summed E-state index contributed by atoms with van der Waals surface area (Å²) in [5.41, 5.74) is 0.717. The molecular weight excluding hydrogens is 311 g/mol. The number of aromatic nitrogens is 2. The fourth-order valence-electron chi connectivity index (χ4n) is 1.97. The molecule has 0 aliphatic heterocycles. The minimum absolute atomic E-state index is 0.0283. The van der Waals surface area contributed by atoms with Gasteiger partial charge in [-0.3, -0.25) is 4.68 Å². The molecule has 0 radical (unpaired) electrons. The van der Waals surface area contributed by atoms with E-state index in [1.54, 1.807) is 20.9 Å². The highest BCUT2D eigenvalue weighted by molar-refractivity contribution is 6.32. The molecule has 0 unspecified atom stereocenters. The van der Waals surface area contributed by atoms with Crippen LogP contribution in [0.1, 0.15) is 24.3 Å². The molecule has 7 heteroatoms. The van der Waals surface area contributed by atoms with Crippen LogP contribution in [0.5, 0.6) is 5.75 Å². The molecule has 0 saturated carbocycles. The Kier molecular flexibility index (Phi) is 4.71. The molecule has 0 spiro atoms. The third-order valence-corrected chi connectivity index (χ3v) is 3.25. The highest BCUT2D eigenvalue weighted by atomic mass is 35.5. The number of hydrogen-bond acceptors (Lipinski definition) is 4. The standard InChI is InChI=1S/C15H16ClFN2O3/c1-8(2)22-14-10(16)6-5-9(13(14)17)11-7-12(15(20)21-4)19(3)18-11/h5-8H,1-4H3. The highest BCUT2D eigenvalue weighted by Crippen LogP contribution is 2.35. The van der Waals surface area contributed by atoms with Crippen molar-refractivity contribution in [2.45, 2.75) is 20.0 Å². The summed E-state index contributed by atoms with van der Waals surface area (Å²) >= 11 is 5.98. The van der Waals surface area contributed by atoms with E-state index >= 15 is 0 Å². The third kappa shape index (κ3) is 3.06. The lowest BCUT2D eigenvalue weighted by Crippen LogP contribution is -2.08. The van der Waals surface area contributed by atoms with Gasteiger partial charge in [-0.25, -0.2) is 9.18 Å². The summed E-state index contributed by atoms with van der Waals surface area (Å²) in [6.07, 6.45) is -0.225. The average Bonchev–Trinajstić information content (AvgIpc) is 2.84. The summed E-state index contributed by atoms with van der Waals surface area (Å²) in [4.78, 5) is 11.6. The minimum atomic E-state index is -0.615. The van der Waals surface area contributed by atoms with Crippen LogP contribution >= 0.6 is 11.6 Å². The molecule has 0 saturated heterocycles. The number of halogens is 2. The predicted molar refractivity (Wildman–Crippen MR) is 80.7 cm³/mol. The second-order valence-electron chi connectivity index (χ2n) is 4.93. The molecule has 1 aromatic heterocycles. The van der Waals surface area contributed by atoms with Crippen LogP contribution in [0.2, 0.25) is 5.02 Å². The molecule has 1 aromatic carbocycles. The van der Waals surface area contributed by atoms with Crippen LogP contribution in [0.15, 0.2) is 18.2 Å². The van der Waals surface area contributed by atoms with Gasteiger partial charge in [0.1, 0.15) is 5.69 Å². The zero-order chi connectivity index (χ0) is 16.4. The lowest BCUT2D eigenvalue weighted by molar-refractivity contribution is 0.0588. The van der Waals surface area contributed by atoms with E-state index in [4.69, 9.17) is 16.3 Å². The topological polar surface area (TPSA) is 53.4 Å². The van der Waals surface area contributed by atoms with E-state index in [1.165, 1.54) is 30.0 Å². The van der Waals surface area contributed by atoms with Crippen LogP contribution in [0.25, 0.3) is 11.3 Å². The Labute approximate surface area is 132 Å². The van der Waals surface area contributed by atoms with Gasteiger partial charge in [0.15, 0.2) is 11.6 Å². The van der Waals surface area contributed by atoms with Gasteiger partial charge in [-0.1, -0.05) is 11.6 Å². The van der Waals surface area contributed by atoms with Crippen LogP contribution in [-0.4, -0.2) is 29.0 Å². The highest BCUT2D eigenvalue weighted by Gasteiger charge is 2.21. The molecule has 0 atom stereocenters. The van der Waals surface area contributed by atoms with Gasteiger partial charge in [-0.15, -0.1) is 0 Å². The number of rotatable bonds is 4. The molecule has 0 bridgehead atoms. The van der Waals surface area contributed by atoms with E-state index in [9.17, 15) is 9.18 Å². The number of carbonyl (C=O) groups is 1. The maximum atomic E-state index is 14.6. The lowest BCUT2D eigenvalue weighted by atomic mass is 10.1. The van der Waals surface area contributed by atoms with E-state index in [2.05, 4.69) is 9.84 Å². The number of ether oxygens (including phenoxy) is 2. The zero-order valence-electron chi connectivity index (χ0n) is 12.7. The van der Waals surface area contributed by atoms with E-state index in [-0.39, 0.29) is 28.1 Å². The van der Waals surface area contributed by atoms with Gasteiger partial charge in [0.05, 0.1) is 23.9 Å². The molecule has 2 aromatic rings. The first-order valence-corrected chi connectivity index (χ1v) is 7.00. The first kappa shape index (κ1) is 16.3. The van der Waals surface area contributed by atoms with Crippen molar-refractivity contribution in [3.8, 4) is 17.0 Å². The van der Waals surface area contributed by atoms with Crippen LogP contribution in [0.3, 0.4) is 0 Å². The van der Waals surface area contributed by atoms with Gasteiger partial charge in [-0.05, 0) is 32.0 Å². The van der Waals surface area contributed by atoms with Crippen molar-refractivity contribution in [1.82, 2.24) is 9.78 Å². The lowest BCUT2D eigenvalue weighted by Gasteiger charge is -2.13. The van der Waals surface area contributed by atoms with Crippen LogP contribution < -0.4 is 4.74 Å². The van der Waals surface area contributed by atoms with Gasteiger partial charge in [-0.2, -0.15) is 5.10 Å². The molecular formula is C15H16ClFN2O3. The summed E-state index contributed by atoms with van der Waals surface area (Å²) < 4.78 is 26.0. The van der Waals surface area contributed by atoms with Crippen LogP contribution in [-0.2, 0) is 11.8 Å². The first-order chi connectivity index (χ1) is 10.3. The van der Waals surface area contributed by atoms with Crippen LogP contribution in [0.4, 0.5) is 4.39 Å². The van der Waals surface area contributed by atoms with Crippen molar-refractivity contribution < 1.29 is 18.7 Å². The van der Waals surface area contributed by atoms with Crippen molar-refractivity contribution in [3.63, 3.8) is 0 Å². The average molecular weight is 327 g/mol. The number of carbonyl (C=O) groups excluding carboxylic acids is 1. The molecule has 0 aliphatic rings. The molecule has 0 amide bonds. The van der Waals surface area contributed by atoms with Crippen molar-refractivity contribution in [2.75, 3.05) is 7.11 Å². The minimum Gasteiger partial charge on any atom is -0.486 e. The largest absolute Gasteiger partial charge is 0.486 e. The quantitative estimate of drug-likeness (QED) is 0.807. The SMILES string of the molecule is COC(=O)c1cc(-c2ccc(Cl)c(OC(C)C)c2F)nn1C. The number of aryl methyl sites for hydroxylation is 1. The van der Waals surface area contributed by atoms with Crippen molar-refractivity contribution in [1.29, 1.82) is 0 Å². The summed E-state index contributed by atoms with van der Waals surface area (Å²) in [6, 6.07) is 4.48. The predicted octanol–water partition coefficient (Wildman–Crippen LogP) is 3.45. The summed E-state index contributed by atoms with van der Waals surface area (Å²) in [5.74, 6) is -1.19. The molecule has 0 N–H and O–H groups in total. The number of methoxy groups -OCH3 is 1. The fraction of sp³-hybridized carbons (Fsp3) is 0.333. The number of benzene rings is 1. The smallest absolute Gasteiger partial charge is 0.356 e. The summed E-state index contributed by atoms with van der Waals surface area (Å²) in [5, 5.41) is 4.32. The maximum Gasteiger partial charge on any atom is 0.356 e.